The third kappa shape index (κ3) is 12.3. The second-order valence-electron chi connectivity index (χ2n) is 8.96. The van der Waals surface area contributed by atoms with Gasteiger partial charge in [-0.05, 0) is 36.7 Å². The number of carbonyl (C=O) groups is 4. The van der Waals surface area contributed by atoms with E-state index in [4.69, 9.17) is 4.74 Å². The van der Waals surface area contributed by atoms with Crippen molar-refractivity contribution in [2.24, 2.45) is 17.8 Å². The molecule has 3 atom stereocenters. The van der Waals surface area contributed by atoms with E-state index in [1.54, 1.807) is 13.8 Å². The van der Waals surface area contributed by atoms with Gasteiger partial charge in [-0.3, -0.25) is 14.4 Å². The van der Waals surface area contributed by atoms with Gasteiger partial charge in [0.2, 0.25) is 11.8 Å². The highest BCUT2D eigenvalue weighted by atomic mass is 32.2. The van der Waals surface area contributed by atoms with Crippen LogP contribution in [-0.4, -0.2) is 72.1 Å². The molecule has 0 aromatic heterocycles. The Bertz CT molecular complexity index is 612. The summed E-state index contributed by atoms with van der Waals surface area (Å²) in [7, 11) is 0. The molecule has 0 bridgehead atoms. The molecule has 0 aromatic rings. The number of hydrogen-bond acceptors (Lipinski definition) is 7. The van der Waals surface area contributed by atoms with Gasteiger partial charge in [-0.2, -0.15) is 11.8 Å². The van der Waals surface area contributed by atoms with Crippen molar-refractivity contribution >= 4 is 35.5 Å². The summed E-state index contributed by atoms with van der Waals surface area (Å²) in [5, 5.41) is 17.4. The Morgan fingerprint density at radius 1 is 0.844 bits per heavy atom. The van der Waals surface area contributed by atoms with Crippen LogP contribution in [0.3, 0.4) is 0 Å². The average Bonchev–Trinajstić information content (AvgIpc) is 2.71. The fourth-order valence-electron chi connectivity index (χ4n) is 2.79. The van der Waals surface area contributed by atoms with Crippen LogP contribution in [0.2, 0.25) is 0 Å². The molecule has 0 radical (unpaired) electrons. The van der Waals surface area contributed by atoms with Gasteiger partial charge in [0.05, 0.1) is 13.2 Å². The molecule has 0 aliphatic heterocycles. The number of thioether (sulfide) groups is 1. The number of alkyl carbamates (subject to hydrolysis) is 1. The predicted molar refractivity (Wildman–Crippen MR) is 126 cm³/mol. The lowest BCUT2D eigenvalue weighted by Gasteiger charge is -2.26. The molecule has 9 nitrogen and oxygen atoms in total. The van der Waals surface area contributed by atoms with E-state index in [9.17, 15) is 24.3 Å². The normalized spacial score (nSPS) is 14.1. The number of nitrogens with one attached hydrogen (secondary N) is 3. The Morgan fingerprint density at radius 3 is 1.88 bits per heavy atom. The Balaban J connectivity index is 5.34. The number of rotatable bonds is 15. The molecule has 0 spiro atoms. The van der Waals surface area contributed by atoms with Crippen molar-refractivity contribution < 1.29 is 29.0 Å². The molecular weight excluding hydrogens is 434 g/mol. The summed E-state index contributed by atoms with van der Waals surface area (Å²) in [6.07, 6.45) is 1.90. The van der Waals surface area contributed by atoms with Crippen LogP contribution >= 0.6 is 11.8 Å². The number of ketones is 1. The van der Waals surface area contributed by atoms with Crippen molar-refractivity contribution in [1.82, 2.24) is 16.0 Å². The Hall–Kier alpha value is -1.81. The second kappa shape index (κ2) is 15.9. The molecule has 10 heteroatoms. The van der Waals surface area contributed by atoms with E-state index < -0.39 is 42.6 Å². The lowest BCUT2D eigenvalue weighted by Crippen LogP contribution is -2.57. The first-order valence-corrected chi connectivity index (χ1v) is 12.5. The summed E-state index contributed by atoms with van der Waals surface area (Å²) in [5.74, 6) is -0.841. The molecule has 3 amide bonds. The Labute approximate surface area is 196 Å². The molecule has 0 saturated heterocycles. The van der Waals surface area contributed by atoms with Crippen LogP contribution in [0.1, 0.15) is 54.4 Å². The van der Waals surface area contributed by atoms with Crippen molar-refractivity contribution in [1.29, 1.82) is 0 Å². The van der Waals surface area contributed by atoms with E-state index in [0.717, 1.165) is 0 Å². The number of hydrogen-bond donors (Lipinski definition) is 4. The van der Waals surface area contributed by atoms with E-state index >= 15 is 0 Å². The first-order chi connectivity index (χ1) is 14.9. The van der Waals surface area contributed by atoms with Crippen molar-refractivity contribution in [2.75, 3.05) is 25.2 Å². The van der Waals surface area contributed by atoms with Gasteiger partial charge in [0.15, 0.2) is 5.78 Å². The maximum Gasteiger partial charge on any atom is 0.407 e. The van der Waals surface area contributed by atoms with Crippen LogP contribution in [0.25, 0.3) is 0 Å². The second-order valence-corrected chi connectivity index (χ2v) is 9.95. The third-order valence-electron chi connectivity index (χ3n) is 4.52. The lowest BCUT2D eigenvalue weighted by atomic mass is 9.99. The summed E-state index contributed by atoms with van der Waals surface area (Å²) >= 11 is 1.53. The lowest BCUT2D eigenvalue weighted by molar-refractivity contribution is -0.133. The van der Waals surface area contributed by atoms with Crippen LogP contribution in [-0.2, 0) is 19.1 Å². The van der Waals surface area contributed by atoms with Crippen LogP contribution in [0.5, 0.6) is 0 Å². The first kappa shape index (κ1) is 30.2. The van der Waals surface area contributed by atoms with Crippen molar-refractivity contribution in [3.8, 4) is 0 Å². The van der Waals surface area contributed by atoms with Crippen LogP contribution < -0.4 is 16.0 Å². The summed E-state index contributed by atoms with van der Waals surface area (Å²) in [6.45, 7) is 10.7. The third-order valence-corrected chi connectivity index (χ3v) is 5.16. The highest BCUT2D eigenvalue weighted by Gasteiger charge is 2.30. The highest BCUT2D eigenvalue weighted by Crippen LogP contribution is 2.09. The molecule has 3 unspecified atom stereocenters. The van der Waals surface area contributed by atoms with Gasteiger partial charge >= 0.3 is 6.09 Å². The molecule has 0 fully saturated rings. The number of carbonyl (C=O) groups excluding carboxylic acids is 4. The summed E-state index contributed by atoms with van der Waals surface area (Å²) in [4.78, 5) is 50.1. The highest BCUT2D eigenvalue weighted by molar-refractivity contribution is 7.98. The van der Waals surface area contributed by atoms with E-state index in [-0.39, 0.29) is 30.1 Å². The van der Waals surface area contributed by atoms with Crippen molar-refractivity contribution in [3.63, 3.8) is 0 Å². The molecule has 0 aliphatic rings. The van der Waals surface area contributed by atoms with Crippen LogP contribution in [0.4, 0.5) is 4.79 Å². The van der Waals surface area contributed by atoms with Gasteiger partial charge in [-0.25, -0.2) is 4.79 Å². The number of aliphatic hydroxyl groups is 1. The van der Waals surface area contributed by atoms with E-state index in [1.807, 2.05) is 34.0 Å². The first-order valence-electron chi connectivity index (χ1n) is 11.1. The molecule has 0 saturated carbocycles. The number of Topliss-reactive ketones (excluding diaryl/α,β-unsaturated/α-hetero) is 1. The quantitative estimate of drug-likeness (QED) is 0.283. The maximum atomic E-state index is 12.9. The topological polar surface area (TPSA) is 134 Å². The Morgan fingerprint density at radius 2 is 1.41 bits per heavy atom. The van der Waals surface area contributed by atoms with Gasteiger partial charge < -0.3 is 25.8 Å². The van der Waals surface area contributed by atoms with Gasteiger partial charge in [-0.1, -0.05) is 41.5 Å². The summed E-state index contributed by atoms with van der Waals surface area (Å²) in [5.41, 5.74) is 0. The zero-order valence-corrected chi connectivity index (χ0v) is 21.2. The minimum absolute atomic E-state index is 0.0769. The van der Waals surface area contributed by atoms with Crippen LogP contribution in [0, 0.1) is 17.8 Å². The van der Waals surface area contributed by atoms with Crippen molar-refractivity contribution in [2.45, 2.75) is 72.5 Å². The van der Waals surface area contributed by atoms with Gasteiger partial charge in [0.25, 0.3) is 0 Å². The number of aliphatic hydroxyl groups excluding tert-OH is 1. The fourth-order valence-corrected chi connectivity index (χ4v) is 3.26. The largest absolute Gasteiger partial charge is 0.449 e. The predicted octanol–water partition coefficient (Wildman–Crippen LogP) is 1.72. The van der Waals surface area contributed by atoms with E-state index in [1.165, 1.54) is 11.8 Å². The zero-order chi connectivity index (χ0) is 24.8. The average molecular weight is 476 g/mol. The summed E-state index contributed by atoms with van der Waals surface area (Å²) < 4.78 is 5.12. The number of ether oxygens (including phenoxy) is 1. The fraction of sp³-hybridized carbons (Fsp3) is 0.818. The molecule has 32 heavy (non-hydrogen) atoms. The standard InChI is InChI=1S/C22H41N3O6S/c1-13(2)10-17(21(29)24-18(11-26)19(27)15(5)6)23-20(28)16(8-9-32-7)25-22(30)31-12-14(3)4/h13-18,26H,8-12H2,1-7H3,(H,23,28)(H,24,29)(H,25,30). The minimum atomic E-state index is -1.04. The molecule has 0 heterocycles. The molecule has 0 aromatic carbocycles. The molecule has 0 aliphatic carbocycles. The molecular formula is C22H41N3O6S. The zero-order valence-electron chi connectivity index (χ0n) is 20.4. The molecule has 186 valence electrons. The summed E-state index contributed by atoms with van der Waals surface area (Å²) in [6, 6.07) is -2.82. The SMILES string of the molecule is CSCCC(NC(=O)OCC(C)C)C(=O)NC(CC(C)C)C(=O)NC(CO)C(=O)C(C)C. The van der Waals surface area contributed by atoms with E-state index in [0.29, 0.717) is 18.6 Å². The Kier molecular flexibility index (Phi) is 15.0. The molecule has 0 rings (SSSR count). The molecule has 4 N–H and O–H groups in total. The van der Waals surface area contributed by atoms with Gasteiger partial charge in [0, 0.05) is 5.92 Å². The maximum absolute atomic E-state index is 12.9. The van der Waals surface area contributed by atoms with Crippen LogP contribution in [0.15, 0.2) is 0 Å². The van der Waals surface area contributed by atoms with E-state index in [2.05, 4.69) is 16.0 Å². The van der Waals surface area contributed by atoms with Gasteiger partial charge in [0.1, 0.15) is 18.1 Å². The van der Waals surface area contributed by atoms with Crippen molar-refractivity contribution in [3.05, 3.63) is 0 Å². The smallest absolute Gasteiger partial charge is 0.407 e. The number of amides is 3. The monoisotopic (exact) mass is 475 g/mol. The van der Waals surface area contributed by atoms with Gasteiger partial charge in [-0.15, -0.1) is 0 Å². The minimum Gasteiger partial charge on any atom is -0.449 e.